The van der Waals surface area contributed by atoms with Gasteiger partial charge in [0.05, 0.1) is 23.5 Å². The fourth-order valence-corrected chi connectivity index (χ4v) is 3.29. The zero-order valence-corrected chi connectivity index (χ0v) is 15.6. The molecule has 1 unspecified atom stereocenters. The van der Waals surface area contributed by atoms with E-state index < -0.39 is 18.6 Å². The topological polar surface area (TPSA) is 114 Å². The van der Waals surface area contributed by atoms with Crippen LogP contribution in [-0.4, -0.2) is 42.3 Å². The smallest absolute Gasteiger partial charge is 0.387 e. The van der Waals surface area contributed by atoms with Crippen LogP contribution in [0.15, 0.2) is 36.9 Å². The van der Waals surface area contributed by atoms with Gasteiger partial charge in [0.1, 0.15) is 11.1 Å². The lowest BCUT2D eigenvalue weighted by molar-refractivity contribution is -0.0500. The number of fused-ring (bicyclic) bond motifs is 2. The summed E-state index contributed by atoms with van der Waals surface area (Å²) in [5, 5.41) is 12.0. The Balaban J connectivity index is 1.76. The summed E-state index contributed by atoms with van der Waals surface area (Å²) >= 11 is 6.25. The number of hydrogen-bond donors (Lipinski definition) is 2. The first kappa shape index (κ1) is 19.0. The van der Waals surface area contributed by atoms with E-state index in [-0.39, 0.29) is 27.4 Å². The second-order valence-electron chi connectivity index (χ2n) is 6.15. The van der Waals surface area contributed by atoms with Gasteiger partial charge in [-0.1, -0.05) is 11.6 Å². The largest absolute Gasteiger partial charge is 0.432 e. The van der Waals surface area contributed by atoms with E-state index in [0.29, 0.717) is 11.0 Å². The number of alkyl halides is 2. The number of carbonyl (C=O) groups is 1. The van der Waals surface area contributed by atoms with Crippen molar-refractivity contribution >= 4 is 34.1 Å². The van der Waals surface area contributed by atoms with Gasteiger partial charge in [0, 0.05) is 23.3 Å². The Morgan fingerprint density at radius 2 is 2.21 bits per heavy atom. The molecule has 3 N–H and O–H groups in total. The highest BCUT2D eigenvalue weighted by Gasteiger charge is 2.28. The molecule has 0 saturated heterocycles. The number of hydrazine groups is 1. The minimum atomic E-state index is -3.10. The van der Waals surface area contributed by atoms with Crippen LogP contribution in [0, 0.1) is 0 Å². The van der Waals surface area contributed by atoms with E-state index in [1.54, 1.807) is 19.2 Å². The summed E-state index contributed by atoms with van der Waals surface area (Å²) in [6.45, 7) is -1.54. The third-order valence-electron chi connectivity index (χ3n) is 4.49. The molecular weight excluding hydrogens is 408 g/mol. The summed E-state index contributed by atoms with van der Waals surface area (Å²) in [6.07, 6.45) is 5.86. The first-order valence-corrected chi connectivity index (χ1v) is 8.73. The van der Waals surface area contributed by atoms with Crippen LogP contribution in [-0.2, 0) is 0 Å². The number of aromatic amines is 1. The summed E-state index contributed by atoms with van der Waals surface area (Å²) in [6, 6.07) is 2.20. The molecule has 0 aliphatic heterocycles. The number of amides is 1. The van der Waals surface area contributed by atoms with E-state index in [0.717, 1.165) is 5.01 Å². The molecule has 1 atom stereocenters. The van der Waals surface area contributed by atoms with E-state index in [1.165, 1.54) is 29.2 Å². The fraction of sp³-hybridized carbons (Fsp3) is 0.176. The molecule has 0 aliphatic rings. The molecule has 0 fully saturated rings. The third-order valence-corrected chi connectivity index (χ3v) is 4.80. The van der Waals surface area contributed by atoms with Crippen LogP contribution in [0.2, 0.25) is 5.02 Å². The van der Waals surface area contributed by atoms with Crippen LogP contribution in [0.25, 0.3) is 16.6 Å². The molecule has 0 aliphatic carbocycles. The molecule has 9 nitrogen and oxygen atoms in total. The minimum absolute atomic E-state index is 0.157. The summed E-state index contributed by atoms with van der Waals surface area (Å²) in [4.78, 5) is 17.1. The van der Waals surface area contributed by atoms with Crippen molar-refractivity contribution in [1.29, 1.82) is 0 Å². The van der Waals surface area contributed by atoms with Crippen LogP contribution in [0.3, 0.4) is 0 Å². The monoisotopic (exact) mass is 421 g/mol. The number of carbonyl (C=O) groups excluding carboxylic acids is 1. The Labute approximate surface area is 167 Å². The van der Waals surface area contributed by atoms with Crippen molar-refractivity contribution in [2.75, 3.05) is 0 Å². The normalized spacial score (nSPS) is 12.6. The molecule has 1 aromatic carbocycles. The van der Waals surface area contributed by atoms with E-state index in [2.05, 4.69) is 20.3 Å². The summed E-state index contributed by atoms with van der Waals surface area (Å²) in [5.41, 5.74) is 0.835. The van der Waals surface area contributed by atoms with E-state index in [1.807, 2.05) is 0 Å². The Morgan fingerprint density at radius 3 is 2.97 bits per heavy atom. The molecular formula is C17H14ClF2N7O2. The standard InChI is InChI=1S/C17H14ClF2N7O2/c1-8(27(21)16(28)11-7-24-26-4-2-3-22-15(11)26)9-5-12(18)10-6-23-25-13(10)14(9)29-17(19)20/h2-8,17H,21H2,1H3,(H,23,25). The number of nitrogens with two attached hydrogens (primary N) is 1. The number of nitrogens with one attached hydrogen (secondary N) is 1. The molecule has 0 bridgehead atoms. The lowest BCUT2D eigenvalue weighted by Crippen LogP contribution is -2.39. The Hall–Kier alpha value is -3.31. The van der Waals surface area contributed by atoms with Gasteiger partial charge >= 0.3 is 6.61 Å². The van der Waals surface area contributed by atoms with Crippen LogP contribution in [0.5, 0.6) is 5.75 Å². The van der Waals surface area contributed by atoms with Gasteiger partial charge in [-0.2, -0.15) is 19.0 Å². The highest BCUT2D eigenvalue weighted by molar-refractivity contribution is 6.35. The SMILES string of the molecule is CC(c1cc(Cl)c2cn[nH]c2c1OC(F)F)N(N)C(=O)c1cnn2cccnc12. The number of benzene rings is 1. The van der Waals surface area contributed by atoms with Crippen molar-refractivity contribution in [1.82, 2.24) is 29.8 Å². The number of ether oxygens (including phenoxy) is 1. The highest BCUT2D eigenvalue weighted by Crippen LogP contribution is 2.39. The van der Waals surface area contributed by atoms with E-state index >= 15 is 0 Å². The third kappa shape index (κ3) is 3.23. The molecule has 1 amide bonds. The maximum Gasteiger partial charge on any atom is 0.387 e. The summed E-state index contributed by atoms with van der Waals surface area (Å²) < 4.78 is 32.2. The molecule has 0 saturated carbocycles. The second kappa shape index (κ2) is 7.26. The van der Waals surface area contributed by atoms with E-state index in [9.17, 15) is 13.6 Å². The maximum absolute atomic E-state index is 13.0. The molecule has 29 heavy (non-hydrogen) atoms. The van der Waals surface area contributed by atoms with Crippen LogP contribution in [0.4, 0.5) is 8.78 Å². The molecule has 3 aromatic heterocycles. The number of hydrogen-bond acceptors (Lipinski definition) is 6. The fourth-order valence-electron chi connectivity index (χ4n) is 3.03. The average molecular weight is 422 g/mol. The Morgan fingerprint density at radius 1 is 1.41 bits per heavy atom. The van der Waals surface area contributed by atoms with Crippen molar-refractivity contribution in [2.24, 2.45) is 5.84 Å². The number of rotatable bonds is 5. The molecule has 0 spiro atoms. The van der Waals surface area contributed by atoms with Gasteiger partial charge in [-0.15, -0.1) is 0 Å². The van der Waals surface area contributed by atoms with Crippen LogP contribution in [0.1, 0.15) is 28.9 Å². The zero-order chi connectivity index (χ0) is 20.7. The average Bonchev–Trinajstić information content (AvgIpc) is 3.35. The molecule has 4 aromatic rings. The zero-order valence-electron chi connectivity index (χ0n) is 14.9. The van der Waals surface area contributed by atoms with E-state index in [4.69, 9.17) is 22.2 Å². The molecule has 3 heterocycles. The molecule has 4 rings (SSSR count). The van der Waals surface area contributed by atoms with Crippen LogP contribution < -0.4 is 10.6 Å². The first-order valence-electron chi connectivity index (χ1n) is 8.35. The quantitative estimate of drug-likeness (QED) is 0.291. The van der Waals surface area contributed by atoms with Gasteiger partial charge in [0.2, 0.25) is 0 Å². The second-order valence-corrected chi connectivity index (χ2v) is 6.56. The number of nitrogens with zero attached hydrogens (tertiary/aromatic N) is 5. The van der Waals surface area contributed by atoms with Gasteiger partial charge < -0.3 is 4.74 Å². The molecule has 12 heteroatoms. The lowest BCUT2D eigenvalue weighted by Gasteiger charge is -2.26. The highest BCUT2D eigenvalue weighted by atomic mass is 35.5. The Kier molecular flexibility index (Phi) is 4.76. The predicted molar refractivity (Wildman–Crippen MR) is 99.5 cm³/mol. The van der Waals surface area contributed by atoms with Crippen LogP contribution >= 0.6 is 11.6 Å². The van der Waals surface area contributed by atoms with Crippen molar-refractivity contribution in [3.8, 4) is 5.75 Å². The predicted octanol–water partition coefficient (Wildman–Crippen LogP) is 2.94. The number of H-pyrrole nitrogens is 1. The first-order chi connectivity index (χ1) is 13.9. The molecule has 0 radical (unpaired) electrons. The van der Waals surface area contributed by atoms with Gasteiger partial charge in [0.25, 0.3) is 5.91 Å². The van der Waals surface area contributed by atoms with Gasteiger partial charge in [-0.05, 0) is 19.1 Å². The maximum atomic E-state index is 13.0. The summed E-state index contributed by atoms with van der Waals surface area (Å²) in [5.74, 6) is 5.26. The molecule has 150 valence electrons. The number of halogens is 3. The van der Waals surface area contributed by atoms with Crippen molar-refractivity contribution in [3.63, 3.8) is 0 Å². The van der Waals surface area contributed by atoms with Gasteiger partial charge in [-0.25, -0.2) is 15.3 Å². The number of aromatic nitrogens is 5. The Bertz CT molecular complexity index is 1210. The van der Waals surface area contributed by atoms with Crippen molar-refractivity contribution in [3.05, 3.63) is 53.1 Å². The minimum Gasteiger partial charge on any atom is -0.432 e. The van der Waals surface area contributed by atoms with Gasteiger partial charge in [0.15, 0.2) is 11.4 Å². The summed E-state index contributed by atoms with van der Waals surface area (Å²) in [7, 11) is 0. The van der Waals surface area contributed by atoms with Crippen molar-refractivity contribution < 1.29 is 18.3 Å². The lowest BCUT2D eigenvalue weighted by atomic mass is 10.0. The van der Waals surface area contributed by atoms with Gasteiger partial charge in [-0.3, -0.25) is 14.9 Å². The van der Waals surface area contributed by atoms with Crippen molar-refractivity contribution in [2.45, 2.75) is 19.6 Å².